The molecule has 0 bridgehead atoms. The number of alkyl carbamates (subject to hydrolysis) is 2. The third-order valence-electron chi connectivity index (χ3n) is 15.3. The van der Waals surface area contributed by atoms with Gasteiger partial charge in [-0.25, -0.2) is 14.6 Å². The number of morpholine rings is 1. The molecule has 0 aliphatic carbocycles. The first kappa shape index (κ1) is 54.9. The average molecular weight is 1050 g/mol. The number of aliphatic hydroxyl groups is 1. The van der Waals surface area contributed by atoms with E-state index in [2.05, 4.69) is 67.5 Å². The Kier molecular flexibility index (Phi) is 17.8. The fourth-order valence-electron chi connectivity index (χ4n) is 11.1. The number of Topliss-reactive ketones (excluding diaryl/α,β-unsaturated/α-hetero) is 1. The number of ether oxygens (including phenoxy) is 3. The average Bonchev–Trinajstić information content (AvgIpc) is 4.23. The molecule has 4 fully saturated rings. The second-order valence-electron chi connectivity index (χ2n) is 20.8. The normalized spacial score (nSPS) is 20.8. The molecule has 0 spiro atoms. The van der Waals surface area contributed by atoms with Crippen molar-refractivity contribution in [1.29, 1.82) is 0 Å². The van der Waals surface area contributed by atoms with E-state index >= 15 is 0 Å². The summed E-state index contributed by atoms with van der Waals surface area (Å²) in [6.07, 6.45) is 3.36. The molecule has 408 valence electrons. The molecule has 20 heteroatoms. The molecule has 7 atom stereocenters. The van der Waals surface area contributed by atoms with E-state index in [0.29, 0.717) is 74.7 Å². The number of aliphatic hydroxyl groups excluding tert-OH is 1. The largest absolute Gasteiger partial charge is 0.453 e. The van der Waals surface area contributed by atoms with Crippen LogP contribution >= 0.6 is 0 Å². The van der Waals surface area contributed by atoms with Crippen molar-refractivity contribution in [2.75, 3.05) is 92.1 Å². The molecule has 4 aromatic rings. The van der Waals surface area contributed by atoms with Crippen molar-refractivity contribution in [2.24, 2.45) is 11.8 Å². The van der Waals surface area contributed by atoms with Crippen molar-refractivity contribution in [1.82, 2.24) is 25.4 Å². The standard InChI is InChI=1S/C56H75N11O9/c1-33(2)50(62-55(72)74-5)53(70)65-22-8-12-46(65)48(68)32-59-42-17-14-36(29-40(42)57)44-19-20-45(67(44)39-11-7-10-35(28-39)38-16-21-49(60-31-38)64-24-26-76-27-25-64)37-15-18-43(41(58)30-37)61-52(69)47-13-9-23-66(47)54(71)51(34(3)4)63-56(73)75-6/h7,10-11,14-18,21,28-31,33-34,44-47,50-52,59,61,69H,8-9,12-13,19-20,22-27,32,57-58H2,1-6H3,(H,62,72)(H,63,73)/t44-,45-,46+,47+,50+,51+,52?/m1/s1. The first-order chi connectivity index (χ1) is 36.6. The second kappa shape index (κ2) is 24.6. The van der Waals surface area contributed by atoms with Gasteiger partial charge in [0.05, 0.1) is 80.9 Å². The van der Waals surface area contributed by atoms with Crippen LogP contribution in [0.4, 0.5) is 43.8 Å². The molecular formula is C56H75N11O9. The molecule has 0 saturated carbocycles. The van der Waals surface area contributed by atoms with E-state index in [9.17, 15) is 29.1 Å². The number of aromatic nitrogens is 1. The number of likely N-dealkylation sites (tertiary alicyclic amines) is 2. The van der Waals surface area contributed by atoms with Crippen LogP contribution in [0.1, 0.15) is 89.4 Å². The molecule has 5 heterocycles. The van der Waals surface area contributed by atoms with Crippen LogP contribution < -0.4 is 42.5 Å². The summed E-state index contributed by atoms with van der Waals surface area (Å²) in [5.74, 6) is -0.272. The minimum absolute atomic E-state index is 0.0467. The SMILES string of the molecule is COC(=O)N[C@H](C(=O)N1CCC[C@H]1C(=O)CNc1ccc([C@H]2CC[C@H](c3ccc(NC(O)[C@@H]4CCCN4C(=O)[C@@H](NC(=O)OC)C(C)C)c(N)c3)N2c2cccc(-c3ccc(N4CCOCC4)nc3)c2)cc1N)C(C)C. The molecule has 4 amide bonds. The van der Waals surface area contributed by atoms with Gasteiger partial charge in [-0.15, -0.1) is 0 Å². The van der Waals surface area contributed by atoms with Crippen LogP contribution in [0.15, 0.2) is 79.0 Å². The van der Waals surface area contributed by atoms with Crippen molar-refractivity contribution in [2.45, 2.75) is 109 Å². The zero-order valence-electron chi connectivity index (χ0n) is 44.5. The maximum Gasteiger partial charge on any atom is 0.407 e. The van der Waals surface area contributed by atoms with Crippen LogP contribution in [0.25, 0.3) is 11.1 Å². The molecule has 4 aliphatic rings. The molecule has 4 aliphatic heterocycles. The van der Waals surface area contributed by atoms with E-state index < -0.39 is 42.6 Å². The maximum atomic E-state index is 13.8. The third-order valence-corrected chi connectivity index (χ3v) is 15.3. The summed E-state index contributed by atoms with van der Waals surface area (Å²) in [5, 5.41) is 23.4. The van der Waals surface area contributed by atoms with E-state index in [1.165, 1.54) is 14.2 Å². The first-order valence-electron chi connectivity index (χ1n) is 26.5. The van der Waals surface area contributed by atoms with Crippen molar-refractivity contribution in [3.05, 3.63) is 90.1 Å². The summed E-state index contributed by atoms with van der Waals surface area (Å²) in [4.78, 5) is 78.1. The summed E-state index contributed by atoms with van der Waals surface area (Å²) < 4.78 is 15.1. The quantitative estimate of drug-likeness (QED) is 0.0427. The van der Waals surface area contributed by atoms with Gasteiger partial charge in [-0.05, 0) is 116 Å². The number of anilines is 6. The van der Waals surface area contributed by atoms with E-state index in [1.54, 1.807) is 9.80 Å². The molecule has 0 radical (unpaired) electrons. The number of nitrogens with one attached hydrogen (secondary N) is 4. The smallest absolute Gasteiger partial charge is 0.407 e. The van der Waals surface area contributed by atoms with Gasteiger partial charge in [0.2, 0.25) is 11.8 Å². The molecule has 9 N–H and O–H groups in total. The van der Waals surface area contributed by atoms with Gasteiger partial charge in [0.15, 0.2) is 5.78 Å². The van der Waals surface area contributed by atoms with Crippen LogP contribution in [0.3, 0.4) is 0 Å². The number of benzene rings is 3. The number of amides is 4. The number of hydrogen-bond donors (Lipinski definition) is 7. The number of nitrogens with zero attached hydrogens (tertiary/aromatic N) is 5. The summed E-state index contributed by atoms with van der Waals surface area (Å²) in [7, 11) is 2.50. The molecule has 1 aromatic heterocycles. The van der Waals surface area contributed by atoms with Crippen LogP contribution in [0.2, 0.25) is 0 Å². The molecular weight excluding hydrogens is 971 g/mol. The van der Waals surface area contributed by atoms with Crippen molar-refractivity contribution < 1.29 is 43.3 Å². The highest BCUT2D eigenvalue weighted by Gasteiger charge is 2.41. The highest BCUT2D eigenvalue weighted by atomic mass is 16.5. The predicted octanol–water partition coefficient (Wildman–Crippen LogP) is 6.29. The molecule has 1 unspecified atom stereocenters. The lowest BCUT2D eigenvalue weighted by Gasteiger charge is -2.35. The predicted molar refractivity (Wildman–Crippen MR) is 293 cm³/mol. The Hall–Kier alpha value is -7.32. The fourth-order valence-corrected chi connectivity index (χ4v) is 11.1. The van der Waals surface area contributed by atoms with Gasteiger partial charge in [-0.3, -0.25) is 14.4 Å². The Morgan fingerprint density at radius 1 is 0.711 bits per heavy atom. The van der Waals surface area contributed by atoms with Crippen LogP contribution in [-0.2, 0) is 28.6 Å². The van der Waals surface area contributed by atoms with Crippen molar-refractivity contribution in [3.8, 4) is 11.1 Å². The number of carbonyl (C=O) groups excluding carboxylic acids is 5. The van der Waals surface area contributed by atoms with E-state index in [4.69, 9.17) is 30.7 Å². The Bertz CT molecular complexity index is 2700. The molecule has 3 aromatic carbocycles. The first-order valence-corrected chi connectivity index (χ1v) is 26.5. The Morgan fingerprint density at radius 3 is 1.88 bits per heavy atom. The maximum absolute atomic E-state index is 13.8. The number of carbonyl (C=O) groups is 5. The minimum Gasteiger partial charge on any atom is -0.453 e. The van der Waals surface area contributed by atoms with Gasteiger partial charge >= 0.3 is 12.2 Å². The van der Waals surface area contributed by atoms with Gasteiger partial charge in [0.25, 0.3) is 0 Å². The molecule has 8 rings (SSSR count). The topological polar surface area (TPSA) is 259 Å². The number of hydrogen-bond acceptors (Lipinski definition) is 16. The lowest BCUT2D eigenvalue weighted by atomic mass is 10.0. The number of nitrogens with two attached hydrogens (primary N) is 2. The zero-order chi connectivity index (χ0) is 54.2. The lowest BCUT2D eigenvalue weighted by Crippen LogP contribution is -2.55. The summed E-state index contributed by atoms with van der Waals surface area (Å²) >= 11 is 0. The Balaban J connectivity index is 1.02. The zero-order valence-corrected chi connectivity index (χ0v) is 44.5. The fraction of sp³-hybridized carbons (Fsp3) is 0.500. The van der Waals surface area contributed by atoms with Crippen LogP contribution in [-0.4, -0.2) is 140 Å². The monoisotopic (exact) mass is 1050 g/mol. The molecule has 76 heavy (non-hydrogen) atoms. The number of nitrogen functional groups attached to an aromatic ring is 2. The van der Waals surface area contributed by atoms with Crippen molar-refractivity contribution in [3.63, 3.8) is 0 Å². The lowest BCUT2D eigenvalue weighted by molar-refractivity contribution is -0.139. The highest BCUT2D eigenvalue weighted by molar-refractivity contribution is 5.95. The van der Waals surface area contributed by atoms with Gasteiger partial charge < -0.3 is 71.7 Å². The molecule has 4 saturated heterocycles. The van der Waals surface area contributed by atoms with Gasteiger partial charge in [-0.2, -0.15) is 0 Å². The number of pyridine rings is 1. The van der Waals surface area contributed by atoms with Gasteiger partial charge in [0, 0.05) is 43.6 Å². The van der Waals surface area contributed by atoms with E-state index in [-0.39, 0.29) is 48.1 Å². The molecule has 20 nitrogen and oxygen atoms in total. The van der Waals surface area contributed by atoms with E-state index in [1.807, 2.05) is 70.3 Å². The summed E-state index contributed by atoms with van der Waals surface area (Å²) in [6.45, 7) is 11.1. The van der Waals surface area contributed by atoms with Crippen LogP contribution in [0.5, 0.6) is 0 Å². The summed E-state index contributed by atoms with van der Waals surface area (Å²) in [5.41, 5.74) is 20.6. The van der Waals surface area contributed by atoms with E-state index in [0.717, 1.165) is 59.7 Å². The Labute approximate surface area is 445 Å². The third kappa shape index (κ3) is 12.3. The van der Waals surface area contributed by atoms with Gasteiger partial charge in [-0.1, -0.05) is 52.0 Å². The number of ketones is 1. The second-order valence-corrected chi connectivity index (χ2v) is 20.8. The number of rotatable bonds is 18. The van der Waals surface area contributed by atoms with Gasteiger partial charge in [0.1, 0.15) is 24.1 Å². The minimum atomic E-state index is -1.14. The number of methoxy groups -OCH3 is 2. The summed E-state index contributed by atoms with van der Waals surface area (Å²) in [6, 6.07) is 21.2. The highest BCUT2D eigenvalue weighted by Crippen LogP contribution is 2.49. The Morgan fingerprint density at radius 2 is 1.30 bits per heavy atom. The van der Waals surface area contributed by atoms with Crippen molar-refractivity contribution >= 4 is 64.0 Å². The van der Waals surface area contributed by atoms with Crippen LogP contribution in [0, 0.1) is 11.8 Å².